The molecule has 0 atom stereocenters. The van der Waals surface area contributed by atoms with E-state index in [2.05, 4.69) is 30.8 Å². The first-order chi connectivity index (χ1) is 6.25. The van der Waals surface area contributed by atoms with E-state index in [1.165, 1.54) is 42.8 Å². The molecule has 0 fully saturated rings. The molecule has 0 aliphatic heterocycles. The van der Waals surface area contributed by atoms with Crippen molar-refractivity contribution in [2.24, 2.45) is 0 Å². The van der Waals surface area contributed by atoms with Crippen molar-refractivity contribution in [1.29, 1.82) is 0 Å². The Labute approximate surface area is 85.4 Å². The minimum atomic E-state index is 1.20. The van der Waals surface area contributed by atoms with Gasteiger partial charge in [0.2, 0.25) is 5.51 Å². The van der Waals surface area contributed by atoms with Crippen LogP contribution in [0.1, 0.15) is 43.2 Å². The molecule has 74 valence electrons. The number of nitrogens with zero attached hydrogens (tertiary/aromatic N) is 1. The molecule has 0 radical (unpaired) electrons. The first-order valence-electron chi connectivity index (χ1n) is 5.19. The first kappa shape index (κ1) is 10.7. The van der Waals surface area contributed by atoms with Gasteiger partial charge in [-0.3, -0.25) is 0 Å². The monoisotopic (exact) mass is 198 g/mol. The highest BCUT2D eigenvalue weighted by Gasteiger charge is 2.10. The van der Waals surface area contributed by atoms with Crippen LogP contribution in [0.25, 0.3) is 0 Å². The molecule has 0 saturated heterocycles. The van der Waals surface area contributed by atoms with Crippen molar-refractivity contribution in [3.63, 3.8) is 0 Å². The summed E-state index contributed by atoms with van der Waals surface area (Å²) in [6.07, 6.45) is 5.41. The zero-order valence-corrected chi connectivity index (χ0v) is 9.78. The number of rotatable bonds is 5. The topological polar surface area (TPSA) is 3.88 Å². The van der Waals surface area contributed by atoms with Gasteiger partial charge in [-0.25, -0.2) is 0 Å². The van der Waals surface area contributed by atoms with Gasteiger partial charge in [-0.05, 0) is 13.3 Å². The molecule has 0 bridgehead atoms. The Kier molecular flexibility index (Phi) is 4.43. The summed E-state index contributed by atoms with van der Waals surface area (Å²) in [6.45, 7) is 7.87. The molecule has 1 rings (SSSR count). The number of aromatic nitrogens is 1. The van der Waals surface area contributed by atoms with E-state index < -0.39 is 0 Å². The zero-order valence-electron chi connectivity index (χ0n) is 8.97. The smallest absolute Gasteiger partial charge is 0.193 e. The molecule has 13 heavy (non-hydrogen) atoms. The van der Waals surface area contributed by atoms with Crippen LogP contribution in [-0.4, -0.2) is 0 Å². The average Bonchev–Trinajstić information content (AvgIpc) is 2.43. The third-order valence-corrected chi connectivity index (χ3v) is 3.56. The molecule has 0 aliphatic carbocycles. The normalized spacial score (nSPS) is 10.7. The van der Waals surface area contributed by atoms with Gasteiger partial charge in [0, 0.05) is 13.3 Å². The lowest BCUT2D eigenvalue weighted by molar-refractivity contribution is -0.698. The van der Waals surface area contributed by atoms with Gasteiger partial charge in [0.05, 0.1) is 4.88 Å². The molecule has 0 aromatic carbocycles. The van der Waals surface area contributed by atoms with Crippen LogP contribution in [0.15, 0.2) is 5.51 Å². The second-order valence-corrected chi connectivity index (χ2v) is 4.68. The number of unbranched alkanes of at least 4 members (excludes halogenated alkanes) is 3. The zero-order chi connectivity index (χ0) is 9.68. The third kappa shape index (κ3) is 3.11. The van der Waals surface area contributed by atoms with Crippen molar-refractivity contribution >= 4 is 11.3 Å². The van der Waals surface area contributed by atoms with Crippen LogP contribution in [-0.2, 0) is 6.54 Å². The Hall–Kier alpha value is -0.370. The molecule has 1 aromatic heterocycles. The Morgan fingerprint density at radius 3 is 2.54 bits per heavy atom. The van der Waals surface area contributed by atoms with Crippen molar-refractivity contribution in [3.8, 4) is 0 Å². The van der Waals surface area contributed by atoms with Crippen LogP contribution >= 0.6 is 11.3 Å². The van der Waals surface area contributed by atoms with Crippen molar-refractivity contribution in [2.45, 2.75) is 53.0 Å². The molecule has 1 nitrogen and oxygen atoms in total. The van der Waals surface area contributed by atoms with Gasteiger partial charge >= 0.3 is 0 Å². The van der Waals surface area contributed by atoms with Gasteiger partial charge in [0.25, 0.3) is 0 Å². The predicted molar refractivity (Wildman–Crippen MR) is 58.1 cm³/mol. The highest BCUT2D eigenvalue weighted by Crippen LogP contribution is 2.08. The van der Waals surface area contributed by atoms with Crippen molar-refractivity contribution in [3.05, 3.63) is 16.1 Å². The fourth-order valence-electron chi connectivity index (χ4n) is 1.44. The Morgan fingerprint density at radius 2 is 2.00 bits per heavy atom. The molecule has 1 heterocycles. The standard InChI is InChI=1S/C11H20NS/c1-4-5-6-7-8-12-9-13-11(3)10(12)2/h9H,4-8H2,1-3H3/q+1. The summed E-state index contributed by atoms with van der Waals surface area (Å²) in [5, 5.41) is 0. The molecular formula is C11H20NS+. The van der Waals surface area contributed by atoms with Crippen LogP contribution in [0.2, 0.25) is 0 Å². The summed E-state index contributed by atoms with van der Waals surface area (Å²) < 4.78 is 2.38. The average molecular weight is 198 g/mol. The SMILES string of the molecule is CCCCCC[n+]1csc(C)c1C. The fourth-order valence-corrected chi connectivity index (χ4v) is 2.28. The maximum absolute atomic E-state index is 2.38. The largest absolute Gasteiger partial charge is 0.225 e. The summed E-state index contributed by atoms with van der Waals surface area (Å²) in [4.78, 5) is 1.45. The van der Waals surface area contributed by atoms with Gasteiger partial charge in [0.15, 0.2) is 5.69 Å². The molecule has 0 unspecified atom stereocenters. The summed E-state index contributed by atoms with van der Waals surface area (Å²) >= 11 is 1.86. The second-order valence-electron chi connectivity index (χ2n) is 3.62. The lowest BCUT2D eigenvalue weighted by Crippen LogP contribution is -2.34. The van der Waals surface area contributed by atoms with E-state index in [1.54, 1.807) is 0 Å². The Balaban J connectivity index is 2.32. The molecule has 0 aliphatic rings. The molecule has 0 spiro atoms. The van der Waals surface area contributed by atoms with Crippen LogP contribution < -0.4 is 4.57 Å². The number of aryl methyl sites for hydroxylation is 2. The summed E-state index contributed by atoms with van der Waals surface area (Å²) in [7, 11) is 0. The summed E-state index contributed by atoms with van der Waals surface area (Å²) in [5.41, 5.74) is 3.69. The summed E-state index contributed by atoms with van der Waals surface area (Å²) in [6, 6.07) is 0. The molecule has 2 heteroatoms. The lowest BCUT2D eigenvalue weighted by atomic mass is 10.2. The van der Waals surface area contributed by atoms with Crippen LogP contribution in [0.3, 0.4) is 0 Å². The first-order valence-corrected chi connectivity index (χ1v) is 6.07. The van der Waals surface area contributed by atoms with Gasteiger partial charge in [-0.1, -0.05) is 31.1 Å². The molecule has 0 amide bonds. The van der Waals surface area contributed by atoms with Crippen molar-refractivity contribution < 1.29 is 4.57 Å². The highest BCUT2D eigenvalue weighted by atomic mass is 32.1. The van der Waals surface area contributed by atoms with E-state index in [0.717, 1.165) is 0 Å². The number of hydrogen-bond acceptors (Lipinski definition) is 1. The highest BCUT2D eigenvalue weighted by molar-refractivity contribution is 7.09. The van der Waals surface area contributed by atoms with Crippen molar-refractivity contribution in [2.75, 3.05) is 0 Å². The molecular weight excluding hydrogens is 178 g/mol. The van der Waals surface area contributed by atoms with E-state index in [9.17, 15) is 0 Å². The number of thiazole rings is 1. The van der Waals surface area contributed by atoms with Crippen LogP contribution in [0, 0.1) is 13.8 Å². The maximum atomic E-state index is 2.38. The Morgan fingerprint density at radius 1 is 1.23 bits per heavy atom. The molecule has 0 saturated carbocycles. The predicted octanol–water partition coefficient (Wildman–Crippen LogP) is 3.23. The molecule has 0 N–H and O–H groups in total. The van der Waals surface area contributed by atoms with E-state index in [1.807, 2.05) is 11.3 Å². The second kappa shape index (κ2) is 5.38. The van der Waals surface area contributed by atoms with E-state index in [-0.39, 0.29) is 0 Å². The van der Waals surface area contributed by atoms with Crippen LogP contribution in [0.4, 0.5) is 0 Å². The Bertz CT molecular complexity index is 253. The number of hydrogen-bond donors (Lipinski definition) is 0. The van der Waals surface area contributed by atoms with Crippen LogP contribution in [0.5, 0.6) is 0 Å². The van der Waals surface area contributed by atoms with E-state index >= 15 is 0 Å². The quantitative estimate of drug-likeness (QED) is 0.505. The fraction of sp³-hybridized carbons (Fsp3) is 0.727. The van der Waals surface area contributed by atoms with Gasteiger partial charge in [0.1, 0.15) is 6.54 Å². The lowest BCUT2D eigenvalue weighted by Gasteiger charge is -1.95. The van der Waals surface area contributed by atoms with Gasteiger partial charge in [-0.15, -0.1) is 0 Å². The minimum Gasteiger partial charge on any atom is -0.193 e. The third-order valence-electron chi connectivity index (χ3n) is 2.55. The summed E-state index contributed by atoms with van der Waals surface area (Å²) in [5.74, 6) is 0. The minimum absolute atomic E-state index is 1.20. The van der Waals surface area contributed by atoms with E-state index in [0.29, 0.717) is 0 Å². The van der Waals surface area contributed by atoms with Gasteiger partial charge < -0.3 is 0 Å². The van der Waals surface area contributed by atoms with E-state index in [4.69, 9.17) is 0 Å². The maximum Gasteiger partial charge on any atom is 0.225 e. The van der Waals surface area contributed by atoms with Crippen molar-refractivity contribution in [1.82, 2.24) is 0 Å². The van der Waals surface area contributed by atoms with Gasteiger partial charge in [-0.2, -0.15) is 4.57 Å². The molecule has 1 aromatic rings.